The number of hydrogen-bond acceptors (Lipinski definition) is 5. The summed E-state index contributed by atoms with van der Waals surface area (Å²) in [7, 11) is 0. The normalized spacial score (nSPS) is 21.0. The molecule has 1 N–H and O–H groups in total. The van der Waals surface area contributed by atoms with Crippen molar-refractivity contribution in [2.24, 2.45) is 5.18 Å². The summed E-state index contributed by atoms with van der Waals surface area (Å²) in [5.41, 5.74) is -0.185. The molecular formula is C12H10BrF2N3O2. The van der Waals surface area contributed by atoms with Crippen LogP contribution in [0.3, 0.4) is 0 Å². The topological polar surface area (TPSA) is 74.5 Å². The van der Waals surface area contributed by atoms with Crippen LogP contribution in [0.5, 0.6) is 5.75 Å². The van der Waals surface area contributed by atoms with Gasteiger partial charge in [0.25, 0.3) is 5.92 Å². The Bertz CT molecular complexity index is 575. The third kappa shape index (κ3) is 2.78. The zero-order valence-electron chi connectivity index (χ0n) is 10.2. The molecule has 1 atom stereocenters. The number of piperidine rings is 1. The second-order valence-corrected chi connectivity index (χ2v) is 5.16. The first-order valence-corrected chi connectivity index (χ1v) is 6.60. The van der Waals surface area contributed by atoms with Crippen molar-refractivity contribution >= 4 is 21.6 Å². The summed E-state index contributed by atoms with van der Waals surface area (Å²) in [6.07, 6.45) is -1.33. The van der Waals surface area contributed by atoms with E-state index in [4.69, 9.17) is 10.00 Å². The maximum Gasteiger partial charge on any atom is 0.296 e. The van der Waals surface area contributed by atoms with Crippen LogP contribution in [-0.4, -0.2) is 25.1 Å². The highest BCUT2D eigenvalue weighted by Gasteiger charge is 2.44. The Morgan fingerprint density at radius 3 is 2.90 bits per heavy atom. The predicted molar refractivity (Wildman–Crippen MR) is 71.2 cm³/mol. The molecule has 0 aromatic heterocycles. The molecule has 106 valence electrons. The number of nitriles is 1. The molecule has 20 heavy (non-hydrogen) atoms. The van der Waals surface area contributed by atoms with Gasteiger partial charge in [-0.3, -0.25) is 0 Å². The molecule has 1 aliphatic heterocycles. The summed E-state index contributed by atoms with van der Waals surface area (Å²) in [5, 5.41) is 14.4. The average molecular weight is 346 g/mol. The lowest BCUT2D eigenvalue weighted by Gasteiger charge is -2.32. The molecule has 1 aromatic rings. The van der Waals surface area contributed by atoms with Gasteiger partial charge in [0.05, 0.1) is 6.54 Å². The smallest absolute Gasteiger partial charge is 0.296 e. The van der Waals surface area contributed by atoms with Crippen LogP contribution >= 0.6 is 15.9 Å². The third-order valence-electron chi connectivity index (χ3n) is 2.97. The summed E-state index contributed by atoms with van der Waals surface area (Å²) in [5.74, 6) is -3.28. The number of nitroso groups, excluding NO2 is 1. The van der Waals surface area contributed by atoms with Crippen molar-refractivity contribution in [3.05, 3.63) is 27.1 Å². The summed E-state index contributed by atoms with van der Waals surface area (Å²) >= 11 is 3.12. The number of alkyl halides is 2. The first-order chi connectivity index (χ1) is 9.49. The third-order valence-corrected chi connectivity index (χ3v) is 3.63. The van der Waals surface area contributed by atoms with Crippen molar-refractivity contribution in [1.29, 1.82) is 5.26 Å². The van der Waals surface area contributed by atoms with E-state index in [0.29, 0.717) is 11.0 Å². The fraction of sp³-hybridized carbons (Fsp3) is 0.417. The van der Waals surface area contributed by atoms with Gasteiger partial charge in [0.2, 0.25) is 0 Å². The maximum atomic E-state index is 13.7. The van der Waals surface area contributed by atoms with E-state index >= 15 is 0 Å². The summed E-state index contributed by atoms with van der Waals surface area (Å²) in [6, 6.07) is 4.58. The average Bonchev–Trinajstić information content (AvgIpc) is 2.41. The molecule has 0 aliphatic carbocycles. The number of rotatable bonds is 3. The van der Waals surface area contributed by atoms with E-state index in [1.54, 1.807) is 0 Å². The fourth-order valence-electron chi connectivity index (χ4n) is 1.94. The molecule has 1 unspecified atom stereocenters. The highest BCUT2D eigenvalue weighted by Crippen LogP contribution is 2.39. The van der Waals surface area contributed by atoms with E-state index in [2.05, 4.69) is 26.4 Å². The minimum Gasteiger partial charge on any atom is -0.480 e. The van der Waals surface area contributed by atoms with Gasteiger partial charge in [-0.2, -0.15) is 5.26 Å². The number of nitrogens with one attached hydrogen (secondary N) is 1. The fourth-order valence-corrected chi connectivity index (χ4v) is 2.34. The Kier molecular flexibility index (Phi) is 4.30. The van der Waals surface area contributed by atoms with Crippen molar-refractivity contribution in [3.63, 3.8) is 0 Å². The quantitative estimate of drug-likeness (QED) is 0.854. The first kappa shape index (κ1) is 14.8. The van der Waals surface area contributed by atoms with E-state index < -0.39 is 18.6 Å². The van der Waals surface area contributed by atoms with Gasteiger partial charge in [-0.05, 0) is 39.8 Å². The van der Waals surface area contributed by atoms with Crippen LogP contribution in [0.1, 0.15) is 12.0 Å². The zero-order chi connectivity index (χ0) is 14.8. The lowest BCUT2D eigenvalue weighted by atomic mass is 10.1. The van der Waals surface area contributed by atoms with Crippen molar-refractivity contribution in [2.75, 3.05) is 13.1 Å². The van der Waals surface area contributed by atoms with Gasteiger partial charge in [0, 0.05) is 10.9 Å². The minimum atomic E-state index is -3.08. The monoisotopic (exact) mass is 345 g/mol. The Balaban J connectivity index is 2.40. The molecular weight excluding hydrogens is 336 g/mol. The molecule has 1 saturated heterocycles. The number of ether oxygens (including phenoxy) is 1. The Morgan fingerprint density at radius 2 is 2.30 bits per heavy atom. The van der Waals surface area contributed by atoms with Gasteiger partial charge in [-0.15, -0.1) is 4.91 Å². The summed E-state index contributed by atoms with van der Waals surface area (Å²) < 4.78 is 33.1. The molecule has 1 fully saturated rings. The molecule has 1 aromatic carbocycles. The van der Waals surface area contributed by atoms with Gasteiger partial charge in [0.1, 0.15) is 11.6 Å². The number of halogens is 3. The molecule has 8 heteroatoms. The van der Waals surface area contributed by atoms with Gasteiger partial charge in [-0.1, -0.05) is 0 Å². The van der Waals surface area contributed by atoms with Gasteiger partial charge in [-0.25, -0.2) is 8.78 Å². The van der Waals surface area contributed by atoms with E-state index in [-0.39, 0.29) is 23.4 Å². The van der Waals surface area contributed by atoms with Gasteiger partial charge in [0.15, 0.2) is 17.5 Å². The van der Waals surface area contributed by atoms with Crippen molar-refractivity contribution in [2.45, 2.75) is 18.4 Å². The first-order valence-electron chi connectivity index (χ1n) is 5.80. The SMILES string of the molecule is N#Cc1c(Br)ccc(N=O)c1OC1CCNCC1(F)F. The minimum absolute atomic E-state index is 0.0172. The van der Waals surface area contributed by atoms with Crippen LogP contribution in [-0.2, 0) is 0 Å². The Hall–Kier alpha value is -1.59. The van der Waals surface area contributed by atoms with E-state index in [1.807, 2.05) is 6.07 Å². The highest BCUT2D eigenvalue weighted by molar-refractivity contribution is 9.10. The summed E-state index contributed by atoms with van der Waals surface area (Å²) in [6.45, 7) is -0.128. The number of benzene rings is 1. The van der Waals surface area contributed by atoms with E-state index in [9.17, 15) is 13.7 Å². The van der Waals surface area contributed by atoms with Crippen molar-refractivity contribution in [3.8, 4) is 11.8 Å². The molecule has 0 amide bonds. The highest BCUT2D eigenvalue weighted by atomic mass is 79.9. The largest absolute Gasteiger partial charge is 0.480 e. The van der Waals surface area contributed by atoms with Gasteiger partial charge < -0.3 is 10.1 Å². The molecule has 1 heterocycles. The van der Waals surface area contributed by atoms with E-state index in [0.717, 1.165) is 0 Å². The van der Waals surface area contributed by atoms with Crippen LogP contribution in [0.4, 0.5) is 14.5 Å². The number of hydrogen-bond donors (Lipinski definition) is 1. The second kappa shape index (κ2) is 5.81. The molecule has 0 spiro atoms. The van der Waals surface area contributed by atoms with Crippen molar-refractivity contribution < 1.29 is 13.5 Å². The molecule has 5 nitrogen and oxygen atoms in total. The van der Waals surface area contributed by atoms with Crippen molar-refractivity contribution in [1.82, 2.24) is 5.32 Å². The van der Waals surface area contributed by atoms with E-state index in [1.165, 1.54) is 12.1 Å². The standard InChI is InChI=1S/C12H10BrF2N3O2/c13-8-1-2-9(18-19)11(7(8)5-16)20-10-3-4-17-6-12(10,14)15/h1-2,10,17H,3-4,6H2. The zero-order valence-corrected chi connectivity index (χ0v) is 11.8. The Labute approximate surface area is 122 Å². The molecule has 0 radical (unpaired) electrons. The lowest BCUT2D eigenvalue weighted by Crippen LogP contribution is -2.52. The number of nitrogens with zero attached hydrogens (tertiary/aromatic N) is 2. The molecule has 2 rings (SSSR count). The lowest BCUT2D eigenvalue weighted by molar-refractivity contribution is -0.108. The second-order valence-electron chi connectivity index (χ2n) is 4.31. The molecule has 0 saturated carbocycles. The van der Waals surface area contributed by atoms with Crippen LogP contribution in [0.15, 0.2) is 21.8 Å². The van der Waals surface area contributed by atoms with Crippen LogP contribution in [0.25, 0.3) is 0 Å². The molecule has 0 bridgehead atoms. The van der Waals surface area contributed by atoms with Crippen LogP contribution < -0.4 is 10.1 Å². The summed E-state index contributed by atoms with van der Waals surface area (Å²) in [4.78, 5) is 10.8. The maximum absolute atomic E-state index is 13.7. The van der Waals surface area contributed by atoms with Gasteiger partial charge >= 0.3 is 0 Å². The molecule has 1 aliphatic rings. The van der Waals surface area contributed by atoms with Crippen LogP contribution in [0.2, 0.25) is 0 Å². The Morgan fingerprint density at radius 1 is 1.55 bits per heavy atom. The predicted octanol–water partition coefficient (Wildman–Crippen LogP) is 3.09. The van der Waals surface area contributed by atoms with Crippen LogP contribution in [0, 0.1) is 16.2 Å².